The number of amides is 2. The number of aromatic nitrogens is 2. The molecule has 2 N–H and O–H groups in total. The summed E-state index contributed by atoms with van der Waals surface area (Å²) in [5.41, 5.74) is -0.200. The van der Waals surface area contributed by atoms with E-state index in [9.17, 15) is 18.0 Å². The van der Waals surface area contributed by atoms with E-state index in [1.54, 1.807) is 31.3 Å². The summed E-state index contributed by atoms with van der Waals surface area (Å²) in [6, 6.07) is 9.62. The molecule has 1 aliphatic heterocycles. The lowest BCUT2D eigenvalue weighted by Crippen LogP contribution is -2.40. The number of aryl methyl sites for hydroxylation is 1. The van der Waals surface area contributed by atoms with Gasteiger partial charge in [-0.3, -0.25) is 4.90 Å². The number of hydrogen-bond acceptors (Lipinski definition) is 6. The summed E-state index contributed by atoms with van der Waals surface area (Å²) in [5.74, 6) is 1.74. The quantitative estimate of drug-likeness (QED) is 0.567. The lowest BCUT2D eigenvalue weighted by molar-refractivity contribution is -0.138. The van der Waals surface area contributed by atoms with Gasteiger partial charge in [0.05, 0.1) is 17.8 Å². The Morgan fingerprint density at radius 1 is 1.15 bits per heavy atom. The van der Waals surface area contributed by atoms with E-state index in [1.807, 2.05) is 0 Å². The van der Waals surface area contributed by atoms with Crippen LogP contribution in [-0.2, 0) is 6.18 Å². The van der Waals surface area contributed by atoms with E-state index in [1.165, 1.54) is 30.3 Å². The number of halogens is 3. The van der Waals surface area contributed by atoms with Gasteiger partial charge in [0.2, 0.25) is 5.88 Å². The number of rotatable bonds is 4. The van der Waals surface area contributed by atoms with E-state index < -0.39 is 17.8 Å². The topological polar surface area (TPSA) is 88.6 Å². The fourth-order valence-corrected chi connectivity index (χ4v) is 3.32. The van der Waals surface area contributed by atoms with Crippen molar-refractivity contribution in [1.29, 1.82) is 0 Å². The summed E-state index contributed by atoms with van der Waals surface area (Å²) in [6.07, 6.45) is -3.15. The Morgan fingerprint density at radius 2 is 1.97 bits per heavy atom. The molecule has 0 radical (unpaired) electrons. The third-order valence-electron chi connectivity index (χ3n) is 4.95. The monoisotopic (exact) mass is 459 g/mol. The minimum absolute atomic E-state index is 0.0509. The molecule has 0 atom stereocenters. The van der Waals surface area contributed by atoms with Crippen molar-refractivity contribution in [1.82, 2.24) is 9.97 Å². The molecule has 0 spiro atoms. The Kier molecular flexibility index (Phi) is 5.95. The second-order valence-electron chi connectivity index (χ2n) is 7.18. The number of carbonyl (C=O) groups is 1. The molecule has 0 saturated carbocycles. The van der Waals surface area contributed by atoms with Crippen molar-refractivity contribution in [2.75, 3.05) is 35.7 Å². The predicted octanol–water partition coefficient (Wildman–Crippen LogP) is 5.07. The lowest BCUT2D eigenvalue weighted by Gasteiger charge is -2.30. The third kappa shape index (κ3) is 4.92. The van der Waals surface area contributed by atoms with Crippen molar-refractivity contribution < 1.29 is 27.4 Å². The zero-order chi connectivity index (χ0) is 23.6. The zero-order valence-corrected chi connectivity index (χ0v) is 17.7. The molecule has 0 aliphatic carbocycles. The van der Waals surface area contributed by atoms with Gasteiger partial charge in [-0.15, -0.1) is 0 Å². The van der Waals surface area contributed by atoms with Gasteiger partial charge in [-0.2, -0.15) is 13.2 Å². The van der Waals surface area contributed by atoms with Crippen molar-refractivity contribution >= 4 is 23.2 Å². The normalized spacial score (nSPS) is 13.1. The molecular formula is C22H20F3N5O3. The molecule has 0 fully saturated rings. The van der Waals surface area contributed by atoms with Gasteiger partial charge in [0.25, 0.3) is 0 Å². The largest absolute Gasteiger partial charge is 0.489 e. The number of carbonyl (C=O) groups excluding carboxylic acids is 1. The van der Waals surface area contributed by atoms with Crippen molar-refractivity contribution in [3.63, 3.8) is 0 Å². The highest BCUT2D eigenvalue weighted by molar-refractivity contribution is 6.03. The minimum atomic E-state index is -4.51. The van der Waals surface area contributed by atoms with E-state index >= 15 is 0 Å². The number of nitrogens with zero attached hydrogens (tertiary/aromatic N) is 3. The Labute approximate surface area is 187 Å². The van der Waals surface area contributed by atoms with Crippen molar-refractivity contribution in [2.24, 2.45) is 0 Å². The summed E-state index contributed by atoms with van der Waals surface area (Å²) in [7, 11) is 1.72. The first kappa shape index (κ1) is 22.2. The van der Waals surface area contributed by atoms with Gasteiger partial charge in [-0.1, -0.05) is 6.07 Å². The summed E-state index contributed by atoms with van der Waals surface area (Å²) in [5, 5.41) is 5.42. The highest BCUT2D eigenvalue weighted by atomic mass is 19.4. The number of fused-ring (bicyclic) bond motifs is 1. The molecule has 1 aliphatic rings. The second-order valence-corrected chi connectivity index (χ2v) is 7.18. The van der Waals surface area contributed by atoms with Crippen molar-refractivity contribution in [3.8, 4) is 17.4 Å². The van der Waals surface area contributed by atoms with Crippen LogP contribution in [0, 0.1) is 6.92 Å². The molecule has 0 bridgehead atoms. The van der Waals surface area contributed by atoms with Crippen molar-refractivity contribution in [3.05, 3.63) is 59.9 Å². The molecule has 0 unspecified atom stereocenters. The fraction of sp³-hybridized carbons (Fsp3) is 0.227. The summed E-state index contributed by atoms with van der Waals surface area (Å²) >= 11 is 0. The number of ether oxygens (including phenoxy) is 2. The molecule has 172 valence electrons. The van der Waals surface area contributed by atoms with Crippen LogP contribution in [0.4, 0.5) is 35.2 Å². The Hall–Kier alpha value is -4.02. The van der Waals surface area contributed by atoms with Crippen LogP contribution < -0.4 is 25.0 Å². The maximum absolute atomic E-state index is 13.2. The summed E-state index contributed by atoms with van der Waals surface area (Å²) in [6.45, 7) is 1.81. The van der Waals surface area contributed by atoms with Gasteiger partial charge in [0.1, 0.15) is 30.3 Å². The van der Waals surface area contributed by atoms with Crippen molar-refractivity contribution in [2.45, 2.75) is 13.1 Å². The fourth-order valence-electron chi connectivity index (χ4n) is 3.32. The van der Waals surface area contributed by atoms with Gasteiger partial charge in [0.15, 0.2) is 0 Å². The van der Waals surface area contributed by atoms with Crippen LogP contribution in [0.25, 0.3) is 0 Å². The maximum Gasteiger partial charge on any atom is 0.416 e. The number of nitrogens with one attached hydrogen (secondary N) is 2. The van der Waals surface area contributed by atoms with E-state index in [2.05, 4.69) is 20.6 Å². The molecule has 0 saturated heterocycles. The van der Waals surface area contributed by atoms with Gasteiger partial charge in [-0.05, 0) is 36.8 Å². The molecular weight excluding hydrogens is 439 g/mol. The van der Waals surface area contributed by atoms with Gasteiger partial charge in [-0.25, -0.2) is 14.8 Å². The first-order valence-corrected chi connectivity index (χ1v) is 9.95. The van der Waals surface area contributed by atoms with Crippen LogP contribution in [-0.4, -0.2) is 36.2 Å². The van der Waals surface area contributed by atoms with Crippen LogP contribution in [0.5, 0.6) is 17.4 Å². The number of alkyl halides is 3. The molecule has 11 heteroatoms. The van der Waals surface area contributed by atoms with E-state index in [-0.39, 0.29) is 24.4 Å². The molecule has 2 aromatic carbocycles. The molecule has 3 aromatic rings. The number of anilines is 3. The van der Waals surface area contributed by atoms with E-state index in [0.717, 1.165) is 6.07 Å². The Bertz CT molecular complexity index is 1190. The predicted molar refractivity (Wildman–Crippen MR) is 116 cm³/mol. The molecule has 8 nitrogen and oxygen atoms in total. The SMILES string of the molecule is CNc1cc(Oc2ccc3c(c2)OCCN3C(=O)Nc2ccc(C)c(C(F)(F)F)c2)ncn1. The Morgan fingerprint density at radius 3 is 2.73 bits per heavy atom. The third-order valence-corrected chi connectivity index (χ3v) is 4.95. The summed E-state index contributed by atoms with van der Waals surface area (Å²) in [4.78, 5) is 22.3. The van der Waals surface area contributed by atoms with Gasteiger partial charge >= 0.3 is 12.2 Å². The highest BCUT2D eigenvalue weighted by Crippen LogP contribution is 2.37. The second kappa shape index (κ2) is 8.85. The van der Waals surface area contributed by atoms with E-state index in [0.29, 0.717) is 28.9 Å². The molecule has 2 amide bonds. The average Bonchev–Trinajstić information content (AvgIpc) is 2.79. The van der Waals surface area contributed by atoms with Crippen LogP contribution in [0.2, 0.25) is 0 Å². The average molecular weight is 459 g/mol. The lowest BCUT2D eigenvalue weighted by atomic mass is 10.1. The first-order valence-electron chi connectivity index (χ1n) is 9.95. The van der Waals surface area contributed by atoms with Crippen LogP contribution in [0.3, 0.4) is 0 Å². The smallest absolute Gasteiger partial charge is 0.416 e. The minimum Gasteiger partial charge on any atom is -0.489 e. The first-order chi connectivity index (χ1) is 15.7. The molecule has 2 heterocycles. The number of hydrogen-bond donors (Lipinski definition) is 2. The van der Waals surface area contributed by atoms with Gasteiger partial charge in [0, 0.05) is 24.9 Å². The maximum atomic E-state index is 13.2. The van der Waals surface area contributed by atoms with Gasteiger partial charge < -0.3 is 20.1 Å². The summed E-state index contributed by atoms with van der Waals surface area (Å²) < 4.78 is 51.0. The molecule has 33 heavy (non-hydrogen) atoms. The zero-order valence-electron chi connectivity index (χ0n) is 17.7. The standard InChI is InChI=1S/C22H20F3N5O3/c1-13-3-4-14(9-16(13)22(23,24)25)29-21(31)30-7-8-32-18-10-15(5-6-17(18)30)33-20-11-19(26-2)27-12-28-20/h3-6,9-12H,7-8H2,1-2H3,(H,29,31)(H,26,27,28). The van der Waals surface area contributed by atoms with E-state index in [4.69, 9.17) is 9.47 Å². The molecule has 4 rings (SSSR count). The van der Waals surface area contributed by atoms with Crippen LogP contribution in [0.1, 0.15) is 11.1 Å². The Balaban J connectivity index is 1.53. The highest BCUT2D eigenvalue weighted by Gasteiger charge is 2.33. The van der Waals surface area contributed by atoms with Crippen LogP contribution in [0.15, 0.2) is 48.8 Å². The molecule has 1 aromatic heterocycles. The number of benzene rings is 2. The van der Waals surface area contributed by atoms with Crippen LogP contribution >= 0.6 is 0 Å². The number of urea groups is 1.